The predicted molar refractivity (Wildman–Crippen MR) is 97.3 cm³/mol. The third kappa shape index (κ3) is 3.28. The molecule has 0 aromatic carbocycles. The Morgan fingerprint density at radius 1 is 1.08 bits per heavy atom. The Bertz CT molecular complexity index is 982. The van der Waals surface area contributed by atoms with Gasteiger partial charge in [-0.25, -0.2) is 15.0 Å². The maximum atomic E-state index is 5.33. The molecule has 0 saturated carbocycles. The van der Waals surface area contributed by atoms with Gasteiger partial charge in [0.05, 0.1) is 17.5 Å². The van der Waals surface area contributed by atoms with Crippen LogP contribution in [0.1, 0.15) is 17.8 Å². The van der Waals surface area contributed by atoms with Crippen LogP contribution in [-0.2, 0) is 13.1 Å². The second-order valence-corrected chi connectivity index (χ2v) is 6.22. The highest BCUT2D eigenvalue weighted by atomic mass is 16.3. The number of aryl methyl sites for hydroxylation is 4. The summed E-state index contributed by atoms with van der Waals surface area (Å²) in [7, 11) is 0. The summed E-state index contributed by atoms with van der Waals surface area (Å²) in [6, 6.07) is 5.76. The molecule has 0 atom stereocenters. The minimum atomic E-state index is 0.571. The molecule has 7 heteroatoms. The van der Waals surface area contributed by atoms with E-state index in [1.807, 2.05) is 29.9 Å². The zero-order chi connectivity index (χ0) is 17.9. The highest BCUT2D eigenvalue weighted by molar-refractivity contribution is 5.55. The van der Waals surface area contributed by atoms with E-state index in [1.165, 1.54) is 5.69 Å². The van der Waals surface area contributed by atoms with Gasteiger partial charge in [0, 0.05) is 43.6 Å². The van der Waals surface area contributed by atoms with Crippen LogP contribution in [0.5, 0.6) is 0 Å². The molecule has 4 aromatic rings. The summed E-state index contributed by atoms with van der Waals surface area (Å²) in [5, 5.41) is 4.51. The molecule has 0 spiro atoms. The van der Waals surface area contributed by atoms with Gasteiger partial charge in [-0.3, -0.25) is 4.68 Å². The van der Waals surface area contributed by atoms with Gasteiger partial charge in [-0.1, -0.05) is 0 Å². The number of rotatable bonds is 6. The standard InChI is InChI=1S/C19H20N6O/c1-14-11-15(2)25(23-14)8-4-7-24-9-6-20-19(24)16-12-21-18(22-13-16)17-5-3-10-26-17/h3,5-6,9-13H,4,7-8H2,1-2H3. The first-order chi connectivity index (χ1) is 12.7. The second-order valence-electron chi connectivity index (χ2n) is 6.22. The molecule has 0 aliphatic rings. The van der Waals surface area contributed by atoms with Crippen LogP contribution in [0.15, 0.2) is 53.7 Å². The molecule has 0 saturated heterocycles. The van der Waals surface area contributed by atoms with Gasteiger partial charge in [0.25, 0.3) is 0 Å². The number of aromatic nitrogens is 6. The molecule has 4 heterocycles. The minimum Gasteiger partial charge on any atom is -0.461 e. The molecular formula is C19H20N6O. The summed E-state index contributed by atoms with van der Waals surface area (Å²) in [5.41, 5.74) is 3.13. The van der Waals surface area contributed by atoms with E-state index >= 15 is 0 Å². The van der Waals surface area contributed by atoms with Crippen LogP contribution < -0.4 is 0 Å². The SMILES string of the molecule is Cc1cc(C)n(CCCn2ccnc2-c2cnc(-c3ccco3)nc2)n1. The quantitative estimate of drug-likeness (QED) is 0.533. The van der Waals surface area contributed by atoms with Crippen LogP contribution >= 0.6 is 0 Å². The summed E-state index contributed by atoms with van der Waals surface area (Å²) in [6.07, 6.45) is 9.93. The van der Waals surface area contributed by atoms with E-state index in [-0.39, 0.29) is 0 Å². The third-order valence-electron chi connectivity index (χ3n) is 4.24. The fourth-order valence-electron chi connectivity index (χ4n) is 3.02. The zero-order valence-corrected chi connectivity index (χ0v) is 14.8. The molecule has 0 unspecified atom stereocenters. The molecule has 0 fully saturated rings. The number of furan rings is 1. The van der Waals surface area contributed by atoms with Gasteiger partial charge in [0.2, 0.25) is 0 Å². The van der Waals surface area contributed by atoms with Crippen molar-refractivity contribution < 1.29 is 4.42 Å². The van der Waals surface area contributed by atoms with E-state index in [0.717, 1.165) is 36.6 Å². The molecule has 0 amide bonds. The molecule has 132 valence electrons. The smallest absolute Gasteiger partial charge is 0.195 e. The Morgan fingerprint density at radius 2 is 1.92 bits per heavy atom. The number of hydrogen-bond donors (Lipinski definition) is 0. The first-order valence-electron chi connectivity index (χ1n) is 8.59. The van der Waals surface area contributed by atoms with E-state index in [9.17, 15) is 0 Å². The maximum absolute atomic E-state index is 5.33. The van der Waals surface area contributed by atoms with Gasteiger partial charge >= 0.3 is 0 Å². The lowest BCUT2D eigenvalue weighted by atomic mass is 10.3. The molecule has 0 radical (unpaired) electrons. The van der Waals surface area contributed by atoms with Crippen molar-refractivity contribution in [2.24, 2.45) is 0 Å². The van der Waals surface area contributed by atoms with Crippen LogP contribution in [-0.4, -0.2) is 29.3 Å². The fourth-order valence-corrected chi connectivity index (χ4v) is 3.02. The molecule has 0 aliphatic heterocycles. The first kappa shape index (κ1) is 16.3. The van der Waals surface area contributed by atoms with Gasteiger partial charge in [-0.05, 0) is 38.5 Å². The Kier molecular flexibility index (Phi) is 4.35. The van der Waals surface area contributed by atoms with Gasteiger partial charge in [0.1, 0.15) is 5.82 Å². The minimum absolute atomic E-state index is 0.571. The number of imidazole rings is 1. The van der Waals surface area contributed by atoms with E-state index in [2.05, 4.69) is 37.6 Å². The molecular weight excluding hydrogens is 328 g/mol. The van der Waals surface area contributed by atoms with Crippen LogP contribution in [0, 0.1) is 13.8 Å². The molecule has 0 bridgehead atoms. The Morgan fingerprint density at radius 3 is 2.62 bits per heavy atom. The van der Waals surface area contributed by atoms with Crippen molar-refractivity contribution in [3.05, 3.63) is 60.6 Å². The first-order valence-corrected chi connectivity index (χ1v) is 8.59. The lowest BCUT2D eigenvalue weighted by molar-refractivity contribution is 0.518. The summed E-state index contributed by atoms with van der Waals surface area (Å²) >= 11 is 0. The van der Waals surface area contributed by atoms with Crippen molar-refractivity contribution in [3.63, 3.8) is 0 Å². The topological polar surface area (TPSA) is 74.6 Å². The molecule has 4 rings (SSSR count). The van der Waals surface area contributed by atoms with E-state index < -0.39 is 0 Å². The van der Waals surface area contributed by atoms with Gasteiger partial charge in [-0.2, -0.15) is 5.10 Å². The zero-order valence-electron chi connectivity index (χ0n) is 14.8. The average molecular weight is 348 g/mol. The van der Waals surface area contributed by atoms with Crippen LogP contribution in [0.3, 0.4) is 0 Å². The highest BCUT2D eigenvalue weighted by Crippen LogP contribution is 2.20. The normalized spacial score (nSPS) is 11.2. The largest absolute Gasteiger partial charge is 0.461 e. The van der Waals surface area contributed by atoms with Crippen molar-refractivity contribution >= 4 is 0 Å². The number of nitrogens with zero attached hydrogens (tertiary/aromatic N) is 6. The summed E-state index contributed by atoms with van der Waals surface area (Å²) in [5.74, 6) is 2.09. The van der Waals surface area contributed by atoms with Crippen LogP contribution in [0.25, 0.3) is 23.0 Å². The number of hydrogen-bond acceptors (Lipinski definition) is 5. The van der Waals surface area contributed by atoms with E-state index in [0.29, 0.717) is 11.6 Å². The van der Waals surface area contributed by atoms with E-state index in [1.54, 1.807) is 24.9 Å². The fraction of sp³-hybridized carbons (Fsp3) is 0.263. The van der Waals surface area contributed by atoms with Crippen molar-refractivity contribution in [3.8, 4) is 23.0 Å². The van der Waals surface area contributed by atoms with Gasteiger partial charge in [0.15, 0.2) is 11.6 Å². The van der Waals surface area contributed by atoms with Crippen molar-refractivity contribution in [2.45, 2.75) is 33.4 Å². The molecule has 4 aromatic heterocycles. The van der Waals surface area contributed by atoms with Crippen molar-refractivity contribution in [1.82, 2.24) is 29.3 Å². The summed E-state index contributed by atoms with van der Waals surface area (Å²) < 4.78 is 9.50. The van der Waals surface area contributed by atoms with Crippen molar-refractivity contribution in [2.75, 3.05) is 0 Å². The molecule has 0 aliphatic carbocycles. The summed E-state index contributed by atoms with van der Waals surface area (Å²) in [6.45, 7) is 5.84. The Hall–Kier alpha value is -3.22. The molecule has 26 heavy (non-hydrogen) atoms. The Balaban J connectivity index is 1.45. The van der Waals surface area contributed by atoms with Crippen LogP contribution in [0.4, 0.5) is 0 Å². The van der Waals surface area contributed by atoms with E-state index in [4.69, 9.17) is 4.42 Å². The van der Waals surface area contributed by atoms with Gasteiger partial charge in [-0.15, -0.1) is 0 Å². The monoisotopic (exact) mass is 348 g/mol. The van der Waals surface area contributed by atoms with Crippen LogP contribution in [0.2, 0.25) is 0 Å². The predicted octanol–water partition coefficient (Wildman–Crippen LogP) is 3.50. The molecule has 0 N–H and O–H groups in total. The third-order valence-corrected chi connectivity index (χ3v) is 4.24. The maximum Gasteiger partial charge on any atom is 0.195 e. The lowest BCUT2D eigenvalue weighted by Gasteiger charge is -2.09. The second kappa shape index (κ2) is 6.95. The summed E-state index contributed by atoms with van der Waals surface area (Å²) in [4.78, 5) is 13.2. The van der Waals surface area contributed by atoms with Gasteiger partial charge < -0.3 is 8.98 Å². The average Bonchev–Trinajstić information content (AvgIpc) is 3.37. The highest BCUT2D eigenvalue weighted by Gasteiger charge is 2.10. The van der Waals surface area contributed by atoms with Crippen molar-refractivity contribution in [1.29, 1.82) is 0 Å². The molecule has 7 nitrogen and oxygen atoms in total. The lowest BCUT2D eigenvalue weighted by Crippen LogP contribution is -2.07. The Labute approximate surface area is 151 Å².